The summed E-state index contributed by atoms with van der Waals surface area (Å²) in [7, 11) is 1.69. The van der Waals surface area contributed by atoms with E-state index in [4.69, 9.17) is 4.74 Å². The molecule has 0 radical (unpaired) electrons. The van der Waals surface area contributed by atoms with Crippen molar-refractivity contribution in [3.05, 3.63) is 64.1 Å². The van der Waals surface area contributed by atoms with Crippen molar-refractivity contribution in [3.8, 4) is 5.75 Å². The monoisotopic (exact) mass is 472 g/mol. The van der Waals surface area contributed by atoms with Crippen LogP contribution in [-0.4, -0.2) is 55.2 Å². The lowest BCUT2D eigenvalue weighted by Gasteiger charge is -2.27. The van der Waals surface area contributed by atoms with Crippen molar-refractivity contribution in [2.75, 3.05) is 33.3 Å². The third-order valence-corrected chi connectivity index (χ3v) is 6.80. The Morgan fingerprint density at radius 3 is 2.63 bits per heavy atom. The number of nitrogens with zero attached hydrogens (tertiary/aromatic N) is 2. The van der Waals surface area contributed by atoms with Crippen LogP contribution in [0, 0.1) is 0 Å². The highest BCUT2D eigenvalue weighted by Gasteiger charge is 2.31. The van der Waals surface area contributed by atoms with Gasteiger partial charge in [0, 0.05) is 36.7 Å². The average molecular weight is 473 g/mol. The van der Waals surface area contributed by atoms with Gasteiger partial charge in [-0.25, -0.2) is 10.9 Å². The fraction of sp³-hybridized carbons (Fsp3) is 0.435. The van der Waals surface area contributed by atoms with E-state index < -0.39 is 0 Å². The van der Waals surface area contributed by atoms with Crippen LogP contribution < -0.4 is 15.6 Å². The second-order valence-electron chi connectivity index (χ2n) is 7.90. The van der Waals surface area contributed by atoms with Crippen LogP contribution in [-0.2, 0) is 11.2 Å². The number of methoxy groups -OCH3 is 1. The molecule has 2 N–H and O–H groups in total. The first-order valence-corrected chi connectivity index (χ1v) is 11.3. The predicted molar refractivity (Wildman–Crippen MR) is 121 cm³/mol. The molecule has 2 aromatic rings. The van der Waals surface area contributed by atoms with Gasteiger partial charge in [0.05, 0.1) is 19.7 Å². The largest absolute Gasteiger partial charge is 0.497 e. The summed E-state index contributed by atoms with van der Waals surface area (Å²) in [5, 5.41) is 0. The SMILES string of the molecule is COc1ccc(C2CC(N3CCCN(C(=O)Cc4ccccc4Br)CC3)NN2)cc1. The molecule has 2 heterocycles. The van der Waals surface area contributed by atoms with E-state index in [0.29, 0.717) is 6.42 Å². The quantitative estimate of drug-likeness (QED) is 0.699. The van der Waals surface area contributed by atoms with Gasteiger partial charge in [-0.2, -0.15) is 0 Å². The number of carbonyl (C=O) groups excluding carboxylic acids is 1. The van der Waals surface area contributed by atoms with E-state index in [9.17, 15) is 4.79 Å². The molecule has 1 amide bonds. The van der Waals surface area contributed by atoms with Crippen molar-refractivity contribution in [1.29, 1.82) is 0 Å². The number of hydrazine groups is 1. The lowest BCUT2D eigenvalue weighted by atomic mass is 10.0. The van der Waals surface area contributed by atoms with Gasteiger partial charge in [-0.15, -0.1) is 0 Å². The van der Waals surface area contributed by atoms with Gasteiger partial charge in [0.15, 0.2) is 0 Å². The van der Waals surface area contributed by atoms with E-state index in [1.807, 2.05) is 41.3 Å². The number of rotatable bonds is 5. The van der Waals surface area contributed by atoms with Crippen LogP contribution in [0.1, 0.15) is 30.0 Å². The van der Waals surface area contributed by atoms with E-state index in [1.165, 1.54) is 5.56 Å². The standard InChI is InChI=1S/C23H29BrN4O2/c1-30-19-9-7-17(8-10-19)21-16-22(26-25-21)27-11-4-12-28(14-13-27)23(29)15-18-5-2-3-6-20(18)24/h2-3,5-10,21-22,25-26H,4,11-16H2,1H3. The number of hydrogen-bond donors (Lipinski definition) is 2. The molecule has 2 saturated heterocycles. The fourth-order valence-corrected chi connectivity index (χ4v) is 4.67. The van der Waals surface area contributed by atoms with Crippen LogP contribution in [0.15, 0.2) is 53.0 Å². The molecule has 4 rings (SSSR count). The molecule has 2 aliphatic heterocycles. The van der Waals surface area contributed by atoms with Gasteiger partial charge in [0.25, 0.3) is 0 Å². The van der Waals surface area contributed by atoms with Gasteiger partial charge in [-0.3, -0.25) is 9.69 Å². The number of benzene rings is 2. The molecule has 2 unspecified atom stereocenters. The molecule has 2 atom stereocenters. The molecule has 30 heavy (non-hydrogen) atoms. The minimum atomic E-state index is 0.206. The van der Waals surface area contributed by atoms with Crippen LogP contribution in [0.3, 0.4) is 0 Å². The maximum Gasteiger partial charge on any atom is 0.227 e. The Bertz CT molecular complexity index is 861. The van der Waals surface area contributed by atoms with E-state index in [1.54, 1.807) is 7.11 Å². The molecular formula is C23H29BrN4O2. The van der Waals surface area contributed by atoms with Crippen molar-refractivity contribution >= 4 is 21.8 Å². The summed E-state index contributed by atoms with van der Waals surface area (Å²) in [6, 6.07) is 16.5. The van der Waals surface area contributed by atoms with Crippen molar-refractivity contribution in [1.82, 2.24) is 20.7 Å². The van der Waals surface area contributed by atoms with Gasteiger partial charge in [0.2, 0.25) is 5.91 Å². The maximum absolute atomic E-state index is 12.8. The van der Waals surface area contributed by atoms with Crippen LogP contribution >= 0.6 is 15.9 Å². The van der Waals surface area contributed by atoms with Crippen LogP contribution in [0.5, 0.6) is 5.75 Å². The van der Waals surface area contributed by atoms with Crippen LogP contribution in [0.2, 0.25) is 0 Å². The first-order valence-electron chi connectivity index (χ1n) is 10.5. The van der Waals surface area contributed by atoms with Gasteiger partial charge in [-0.1, -0.05) is 46.3 Å². The van der Waals surface area contributed by atoms with Gasteiger partial charge >= 0.3 is 0 Å². The van der Waals surface area contributed by atoms with Crippen LogP contribution in [0.25, 0.3) is 0 Å². The third-order valence-electron chi connectivity index (χ3n) is 6.02. The molecule has 160 valence electrons. The smallest absolute Gasteiger partial charge is 0.227 e. The molecule has 0 bridgehead atoms. The second-order valence-corrected chi connectivity index (χ2v) is 8.76. The van der Waals surface area contributed by atoms with E-state index in [2.05, 4.69) is 43.8 Å². The van der Waals surface area contributed by atoms with Crippen molar-refractivity contribution in [2.45, 2.75) is 31.5 Å². The highest BCUT2D eigenvalue weighted by Crippen LogP contribution is 2.26. The summed E-state index contributed by atoms with van der Waals surface area (Å²) in [6.45, 7) is 3.47. The topological polar surface area (TPSA) is 56.8 Å². The minimum absolute atomic E-state index is 0.206. The first kappa shape index (κ1) is 21.3. The second kappa shape index (κ2) is 9.92. The lowest BCUT2D eigenvalue weighted by Crippen LogP contribution is -2.46. The zero-order valence-corrected chi connectivity index (χ0v) is 18.9. The summed E-state index contributed by atoms with van der Waals surface area (Å²) < 4.78 is 6.26. The summed E-state index contributed by atoms with van der Waals surface area (Å²) in [5.41, 5.74) is 9.19. The van der Waals surface area contributed by atoms with E-state index >= 15 is 0 Å². The van der Waals surface area contributed by atoms with E-state index in [-0.39, 0.29) is 18.1 Å². The summed E-state index contributed by atoms with van der Waals surface area (Å²) >= 11 is 3.55. The highest BCUT2D eigenvalue weighted by molar-refractivity contribution is 9.10. The number of amides is 1. The van der Waals surface area contributed by atoms with Crippen molar-refractivity contribution in [2.24, 2.45) is 0 Å². The van der Waals surface area contributed by atoms with Gasteiger partial charge in [-0.05, 0) is 42.2 Å². The van der Waals surface area contributed by atoms with Gasteiger partial charge in [0.1, 0.15) is 5.75 Å². The molecule has 0 aliphatic carbocycles. The molecule has 2 aliphatic rings. The molecule has 7 heteroatoms. The average Bonchev–Trinajstić information content (AvgIpc) is 3.13. The lowest BCUT2D eigenvalue weighted by molar-refractivity contribution is -0.130. The number of hydrogen-bond acceptors (Lipinski definition) is 5. The zero-order chi connectivity index (χ0) is 20.9. The summed E-state index contributed by atoms with van der Waals surface area (Å²) in [5.74, 6) is 1.08. The Labute approximate surface area is 186 Å². The fourth-order valence-electron chi connectivity index (χ4n) is 4.25. The number of nitrogens with one attached hydrogen (secondary N) is 2. The molecular weight excluding hydrogens is 444 g/mol. The van der Waals surface area contributed by atoms with Gasteiger partial charge < -0.3 is 9.64 Å². The Hall–Kier alpha value is -1.93. The Balaban J connectivity index is 1.31. The minimum Gasteiger partial charge on any atom is -0.497 e. The van der Waals surface area contributed by atoms with Crippen LogP contribution in [0.4, 0.5) is 0 Å². The van der Waals surface area contributed by atoms with Crippen molar-refractivity contribution < 1.29 is 9.53 Å². The Morgan fingerprint density at radius 2 is 1.87 bits per heavy atom. The molecule has 2 aromatic carbocycles. The third kappa shape index (κ3) is 5.03. The van der Waals surface area contributed by atoms with Crippen molar-refractivity contribution in [3.63, 3.8) is 0 Å². The summed E-state index contributed by atoms with van der Waals surface area (Å²) in [4.78, 5) is 17.3. The Kier molecular flexibility index (Phi) is 7.04. The number of ether oxygens (including phenoxy) is 1. The highest BCUT2D eigenvalue weighted by atomic mass is 79.9. The first-order chi connectivity index (χ1) is 14.6. The molecule has 6 nitrogen and oxygen atoms in total. The number of halogens is 1. The zero-order valence-electron chi connectivity index (χ0n) is 17.3. The molecule has 0 spiro atoms. The summed E-state index contributed by atoms with van der Waals surface area (Å²) in [6.07, 6.45) is 2.71. The Morgan fingerprint density at radius 1 is 1.07 bits per heavy atom. The molecule has 2 fully saturated rings. The predicted octanol–water partition coefficient (Wildman–Crippen LogP) is 3.10. The normalized spacial score (nSPS) is 22.7. The van der Waals surface area contributed by atoms with E-state index in [0.717, 1.165) is 54.8 Å². The molecule has 0 aromatic heterocycles. The maximum atomic E-state index is 12.8. The number of carbonyl (C=O) groups is 1. The molecule has 0 saturated carbocycles.